The highest BCUT2D eigenvalue weighted by Gasteiger charge is 2.01. The molecule has 1 aromatic carbocycles. The molecule has 0 atom stereocenters. The van der Waals surface area contributed by atoms with E-state index in [1.54, 1.807) is 6.20 Å². The minimum Gasteiger partial charge on any atom is -0.370 e. The van der Waals surface area contributed by atoms with Gasteiger partial charge in [-0.15, -0.1) is 0 Å². The summed E-state index contributed by atoms with van der Waals surface area (Å²) in [6, 6.07) is 10.1. The Morgan fingerprint density at radius 2 is 2.11 bits per heavy atom. The van der Waals surface area contributed by atoms with Crippen molar-refractivity contribution >= 4 is 16.8 Å². The van der Waals surface area contributed by atoms with E-state index >= 15 is 0 Å². The van der Waals surface area contributed by atoms with Gasteiger partial charge >= 0.3 is 0 Å². The zero-order valence-electron chi connectivity index (χ0n) is 10.2. The molecule has 1 amide bonds. The summed E-state index contributed by atoms with van der Waals surface area (Å²) in [6.07, 6.45) is 3.01. The van der Waals surface area contributed by atoms with Crippen molar-refractivity contribution in [3.05, 3.63) is 42.1 Å². The lowest BCUT2D eigenvalue weighted by molar-refractivity contribution is -0.118. The maximum absolute atomic E-state index is 10.6. The molecule has 0 aliphatic heterocycles. The lowest BCUT2D eigenvalue weighted by atomic mass is 10.1. The third-order valence-corrected chi connectivity index (χ3v) is 2.81. The predicted octanol–water partition coefficient (Wildman–Crippen LogP) is 1.59. The summed E-state index contributed by atoms with van der Waals surface area (Å²) in [4.78, 5) is 15.0. The van der Waals surface area contributed by atoms with Crippen LogP contribution in [0.3, 0.4) is 0 Å². The molecule has 1 aromatic heterocycles. The average Bonchev–Trinajstić information content (AvgIpc) is 2.38. The molecule has 3 N–H and O–H groups in total. The second kappa shape index (κ2) is 6.12. The van der Waals surface area contributed by atoms with E-state index in [9.17, 15) is 4.79 Å². The lowest BCUT2D eigenvalue weighted by Gasteiger charge is -2.07. The van der Waals surface area contributed by atoms with E-state index in [0.29, 0.717) is 6.42 Å². The first-order valence-electron chi connectivity index (χ1n) is 6.09. The first-order valence-corrected chi connectivity index (χ1v) is 6.09. The normalized spacial score (nSPS) is 10.7. The average molecular weight is 243 g/mol. The van der Waals surface area contributed by atoms with Crippen LogP contribution in [-0.2, 0) is 11.3 Å². The summed E-state index contributed by atoms with van der Waals surface area (Å²) in [7, 11) is 0. The van der Waals surface area contributed by atoms with E-state index in [0.717, 1.165) is 30.4 Å². The van der Waals surface area contributed by atoms with Crippen molar-refractivity contribution in [1.82, 2.24) is 10.3 Å². The fourth-order valence-electron chi connectivity index (χ4n) is 1.92. The SMILES string of the molecule is NC(=O)CCCNCc1cccc2cccnc12. The number of amides is 1. The van der Waals surface area contributed by atoms with Crippen LogP contribution in [0.4, 0.5) is 0 Å². The summed E-state index contributed by atoms with van der Waals surface area (Å²) in [5, 5.41) is 4.45. The molecule has 94 valence electrons. The highest BCUT2D eigenvalue weighted by molar-refractivity contribution is 5.81. The maximum atomic E-state index is 10.6. The van der Waals surface area contributed by atoms with E-state index in [4.69, 9.17) is 5.73 Å². The van der Waals surface area contributed by atoms with Gasteiger partial charge in [-0.05, 0) is 24.6 Å². The number of hydrogen-bond acceptors (Lipinski definition) is 3. The fourth-order valence-corrected chi connectivity index (χ4v) is 1.92. The van der Waals surface area contributed by atoms with Gasteiger partial charge in [-0.3, -0.25) is 9.78 Å². The second-order valence-electron chi connectivity index (χ2n) is 4.24. The van der Waals surface area contributed by atoms with Crippen molar-refractivity contribution in [3.63, 3.8) is 0 Å². The Morgan fingerprint density at radius 1 is 1.28 bits per heavy atom. The number of nitrogens with zero attached hydrogens (tertiary/aromatic N) is 1. The number of aromatic nitrogens is 1. The predicted molar refractivity (Wildman–Crippen MR) is 71.9 cm³/mol. The standard InChI is InChI=1S/C14H17N3O/c15-13(18)7-3-8-16-10-12-5-1-4-11-6-2-9-17-14(11)12/h1-2,4-6,9,16H,3,7-8,10H2,(H2,15,18). The Morgan fingerprint density at radius 3 is 2.94 bits per heavy atom. The van der Waals surface area contributed by atoms with Gasteiger partial charge < -0.3 is 11.1 Å². The van der Waals surface area contributed by atoms with Gasteiger partial charge in [0.1, 0.15) is 0 Å². The fraction of sp³-hybridized carbons (Fsp3) is 0.286. The number of primary amides is 1. The molecule has 0 bridgehead atoms. The van der Waals surface area contributed by atoms with Gasteiger partial charge in [-0.2, -0.15) is 0 Å². The molecule has 0 unspecified atom stereocenters. The molecule has 4 heteroatoms. The molecule has 0 saturated heterocycles. The van der Waals surface area contributed by atoms with Crippen LogP contribution in [0.1, 0.15) is 18.4 Å². The molecule has 2 aromatic rings. The molecule has 18 heavy (non-hydrogen) atoms. The third-order valence-electron chi connectivity index (χ3n) is 2.81. The molecule has 4 nitrogen and oxygen atoms in total. The quantitative estimate of drug-likeness (QED) is 0.757. The van der Waals surface area contributed by atoms with Gasteiger partial charge in [0.25, 0.3) is 0 Å². The first kappa shape index (κ1) is 12.5. The number of nitrogens with two attached hydrogens (primary N) is 1. The molecule has 0 fully saturated rings. The Balaban J connectivity index is 1.93. The summed E-state index contributed by atoms with van der Waals surface area (Å²) >= 11 is 0. The number of rotatable bonds is 6. The lowest BCUT2D eigenvalue weighted by Crippen LogP contribution is -2.18. The molecule has 2 rings (SSSR count). The largest absolute Gasteiger partial charge is 0.370 e. The van der Waals surface area contributed by atoms with Crippen molar-refractivity contribution in [2.24, 2.45) is 5.73 Å². The van der Waals surface area contributed by atoms with Crippen molar-refractivity contribution in [1.29, 1.82) is 0 Å². The van der Waals surface area contributed by atoms with Crippen LogP contribution < -0.4 is 11.1 Å². The Hall–Kier alpha value is -1.94. The minimum absolute atomic E-state index is 0.247. The number of carbonyl (C=O) groups excluding carboxylic acids is 1. The highest BCUT2D eigenvalue weighted by Crippen LogP contribution is 2.15. The van der Waals surface area contributed by atoms with E-state index in [2.05, 4.69) is 28.5 Å². The van der Waals surface area contributed by atoms with Crippen LogP contribution in [0, 0.1) is 0 Å². The first-order chi connectivity index (χ1) is 8.77. The van der Waals surface area contributed by atoms with Gasteiger partial charge in [0, 0.05) is 24.5 Å². The topological polar surface area (TPSA) is 68.0 Å². The number of hydrogen-bond donors (Lipinski definition) is 2. The second-order valence-corrected chi connectivity index (χ2v) is 4.24. The summed E-state index contributed by atoms with van der Waals surface area (Å²) in [6.45, 7) is 1.54. The molecule has 0 spiro atoms. The summed E-state index contributed by atoms with van der Waals surface area (Å²) in [5.74, 6) is -0.247. The third kappa shape index (κ3) is 3.28. The van der Waals surface area contributed by atoms with Crippen molar-refractivity contribution < 1.29 is 4.79 Å². The molecule has 1 heterocycles. The van der Waals surface area contributed by atoms with Crippen LogP contribution in [-0.4, -0.2) is 17.4 Å². The molecule has 0 aliphatic carbocycles. The minimum atomic E-state index is -0.247. The van der Waals surface area contributed by atoms with Crippen molar-refractivity contribution in [2.45, 2.75) is 19.4 Å². The van der Waals surface area contributed by atoms with Gasteiger partial charge in [-0.25, -0.2) is 0 Å². The number of para-hydroxylation sites is 1. The zero-order chi connectivity index (χ0) is 12.8. The number of fused-ring (bicyclic) bond motifs is 1. The number of pyridine rings is 1. The molecule has 0 saturated carbocycles. The highest BCUT2D eigenvalue weighted by atomic mass is 16.1. The molecular weight excluding hydrogens is 226 g/mol. The van der Waals surface area contributed by atoms with Crippen LogP contribution >= 0.6 is 0 Å². The summed E-state index contributed by atoms with van der Waals surface area (Å²) in [5.41, 5.74) is 7.29. The number of benzene rings is 1. The van der Waals surface area contributed by atoms with Crippen LogP contribution in [0.25, 0.3) is 10.9 Å². The van der Waals surface area contributed by atoms with Crippen LogP contribution in [0.15, 0.2) is 36.5 Å². The van der Waals surface area contributed by atoms with Gasteiger partial charge in [-0.1, -0.05) is 24.3 Å². The van der Waals surface area contributed by atoms with Crippen molar-refractivity contribution in [2.75, 3.05) is 6.54 Å². The smallest absolute Gasteiger partial charge is 0.217 e. The molecular formula is C14H17N3O. The van der Waals surface area contributed by atoms with Crippen LogP contribution in [0.2, 0.25) is 0 Å². The Labute approximate surface area is 106 Å². The van der Waals surface area contributed by atoms with E-state index in [1.807, 2.05) is 12.1 Å². The molecule has 0 radical (unpaired) electrons. The molecule has 0 aliphatic rings. The summed E-state index contributed by atoms with van der Waals surface area (Å²) < 4.78 is 0. The van der Waals surface area contributed by atoms with E-state index in [1.165, 1.54) is 5.56 Å². The van der Waals surface area contributed by atoms with E-state index < -0.39 is 0 Å². The van der Waals surface area contributed by atoms with Crippen molar-refractivity contribution in [3.8, 4) is 0 Å². The monoisotopic (exact) mass is 243 g/mol. The maximum Gasteiger partial charge on any atom is 0.217 e. The number of nitrogens with one attached hydrogen (secondary N) is 1. The van der Waals surface area contributed by atoms with Gasteiger partial charge in [0.05, 0.1) is 5.52 Å². The van der Waals surface area contributed by atoms with Gasteiger partial charge in [0.2, 0.25) is 5.91 Å². The zero-order valence-corrected chi connectivity index (χ0v) is 10.2. The van der Waals surface area contributed by atoms with Gasteiger partial charge in [0.15, 0.2) is 0 Å². The number of carbonyl (C=O) groups is 1. The Kier molecular flexibility index (Phi) is 4.25. The van der Waals surface area contributed by atoms with E-state index in [-0.39, 0.29) is 5.91 Å². The van der Waals surface area contributed by atoms with Crippen LogP contribution in [0.5, 0.6) is 0 Å². The Bertz CT molecular complexity index is 534.